The van der Waals surface area contributed by atoms with Crippen molar-refractivity contribution >= 4 is 11.9 Å². The molecule has 6 heteroatoms. The fourth-order valence-corrected chi connectivity index (χ4v) is 1.92. The highest BCUT2D eigenvalue weighted by molar-refractivity contribution is 5.92. The van der Waals surface area contributed by atoms with Crippen molar-refractivity contribution in [2.45, 2.75) is 19.8 Å². The summed E-state index contributed by atoms with van der Waals surface area (Å²) in [5.74, 6) is -0.672. The van der Waals surface area contributed by atoms with E-state index in [4.69, 9.17) is 5.11 Å². The van der Waals surface area contributed by atoms with E-state index in [1.165, 1.54) is 6.20 Å². The van der Waals surface area contributed by atoms with Gasteiger partial charge >= 0.3 is 5.97 Å². The number of carbonyl (C=O) groups excluding carboxylic acids is 1. The maximum absolute atomic E-state index is 12.1. The third kappa shape index (κ3) is 2.64. The van der Waals surface area contributed by atoms with Crippen LogP contribution in [0.25, 0.3) is 0 Å². The number of nitrogens with zero attached hydrogens (tertiary/aromatic N) is 3. The normalized spacial score (nSPS) is 16.6. The highest BCUT2D eigenvalue weighted by Gasteiger charge is 2.22. The van der Waals surface area contributed by atoms with Gasteiger partial charge in [0.05, 0.1) is 12.4 Å². The number of carboxylic acid groups (broad SMARTS) is 1. The van der Waals surface area contributed by atoms with Crippen molar-refractivity contribution in [2.24, 2.45) is 5.92 Å². The minimum absolute atomic E-state index is 0.154. The standard InChI is InChI=1S/C12H15N3O3/c1-8-2-4-15(5-3-8)11(16)9-6-14-10(7-13-9)12(17)18/h6-8H,2-5H2,1H3,(H,17,18). The van der Waals surface area contributed by atoms with Gasteiger partial charge < -0.3 is 10.0 Å². The fraction of sp³-hybridized carbons (Fsp3) is 0.500. The lowest BCUT2D eigenvalue weighted by atomic mass is 9.99. The maximum Gasteiger partial charge on any atom is 0.356 e. The van der Waals surface area contributed by atoms with Gasteiger partial charge in [0.2, 0.25) is 0 Å². The second-order valence-electron chi connectivity index (χ2n) is 4.57. The summed E-state index contributed by atoms with van der Waals surface area (Å²) in [5, 5.41) is 8.69. The van der Waals surface area contributed by atoms with Crippen molar-refractivity contribution in [3.8, 4) is 0 Å². The van der Waals surface area contributed by atoms with Gasteiger partial charge in [0.1, 0.15) is 5.69 Å². The van der Waals surface area contributed by atoms with E-state index >= 15 is 0 Å². The predicted octanol–water partition coefficient (Wildman–Crippen LogP) is 1.05. The second kappa shape index (κ2) is 5.12. The molecular formula is C12H15N3O3. The largest absolute Gasteiger partial charge is 0.476 e. The number of piperidine rings is 1. The monoisotopic (exact) mass is 249 g/mol. The Labute approximate surface area is 105 Å². The van der Waals surface area contributed by atoms with E-state index in [2.05, 4.69) is 16.9 Å². The maximum atomic E-state index is 12.1. The number of likely N-dealkylation sites (tertiary alicyclic amines) is 1. The lowest BCUT2D eigenvalue weighted by Gasteiger charge is -2.29. The van der Waals surface area contributed by atoms with E-state index in [1.807, 2.05) is 0 Å². The first-order valence-electron chi connectivity index (χ1n) is 5.92. The molecule has 1 amide bonds. The average molecular weight is 249 g/mol. The highest BCUT2D eigenvalue weighted by Crippen LogP contribution is 2.17. The van der Waals surface area contributed by atoms with Crippen LogP contribution in [0.15, 0.2) is 12.4 Å². The SMILES string of the molecule is CC1CCN(C(=O)c2cnc(C(=O)O)cn2)CC1. The molecule has 0 radical (unpaired) electrons. The summed E-state index contributed by atoms with van der Waals surface area (Å²) in [5.41, 5.74) is 0.0494. The predicted molar refractivity (Wildman–Crippen MR) is 63.3 cm³/mol. The Morgan fingerprint density at radius 3 is 2.28 bits per heavy atom. The molecule has 96 valence electrons. The Kier molecular flexibility index (Phi) is 3.55. The van der Waals surface area contributed by atoms with Gasteiger partial charge in [-0.2, -0.15) is 0 Å². The molecule has 1 saturated heterocycles. The van der Waals surface area contributed by atoms with Gasteiger partial charge in [0, 0.05) is 13.1 Å². The van der Waals surface area contributed by atoms with E-state index in [0.29, 0.717) is 5.92 Å². The molecule has 6 nitrogen and oxygen atoms in total. The Bertz CT molecular complexity index is 450. The third-order valence-corrected chi connectivity index (χ3v) is 3.16. The summed E-state index contributed by atoms with van der Waals surface area (Å²) in [6.07, 6.45) is 4.32. The molecule has 2 heterocycles. The van der Waals surface area contributed by atoms with Crippen LogP contribution in [-0.4, -0.2) is 44.9 Å². The molecule has 0 unspecified atom stereocenters. The molecule has 0 atom stereocenters. The first-order chi connectivity index (χ1) is 8.58. The minimum atomic E-state index is -1.15. The van der Waals surface area contributed by atoms with Gasteiger partial charge in [0.25, 0.3) is 5.91 Å². The Morgan fingerprint density at radius 1 is 1.22 bits per heavy atom. The first kappa shape index (κ1) is 12.5. The van der Waals surface area contributed by atoms with Crippen LogP contribution in [0.1, 0.15) is 40.7 Å². The molecule has 0 saturated carbocycles. The number of aromatic nitrogens is 2. The summed E-state index contributed by atoms with van der Waals surface area (Å²) in [6, 6.07) is 0. The number of aromatic carboxylic acids is 1. The summed E-state index contributed by atoms with van der Waals surface area (Å²) >= 11 is 0. The van der Waals surface area contributed by atoms with Gasteiger partial charge in [-0.1, -0.05) is 6.92 Å². The summed E-state index contributed by atoms with van der Waals surface area (Å²) < 4.78 is 0. The number of hydrogen-bond acceptors (Lipinski definition) is 4. The summed E-state index contributed by atoms with van der Waals surface area (Å²) in [7, 11) is 0. The lowest BCUT2D eigenvalue weighted by Crippen LogP contribution is -2.38. The molecule has 1 aromatic rings. The zero-order chi connectivity index (χ0) is 13.1. The molecule has 1 aliphatic heterocycles. The van der Waals surface area contributed by atoms with Crippen LogP contribution in [0.4, 0.5) is 0 Å². The van der Waals surface area contributed by atoms with E-state index in [1.54, 1.807) is 4.90 Å². The van der Waals surface area contributed by atoms with Gasteiger partial charge in [0.15, 0.2) is 5.69 Å². The van der Waals surface area contributed by atoms with Crippen LogP contribution in [0.3, 0.4) is 0 Å². The first-order valence-corrected chi connectivity index (χ1v) is 5.92. The van der Waals surface area contributed by atoms with Gasteiger partial charge in [-0.15, -0.1) is 0 Å². The van der Waals surface area contributed by atoms with Crippen LogP contribution in [-0.2, 0) is 0 Å². The number of carboxylic acids is 1. The molecule has 1 aromatic heterocycles. The van der Waals surface area contributed by atoms with Crippen molar-refractivity contribution in [1.29, 1.82) is 0 Å². The Hall–Kier alpha value is -1.98. The number of rotatable bonds is 2. The van der Waals surface area contributed by atoms with Crippen LogP contribution >= 0.6 is 0 Å². The molecule has 18 heavy (non-hydrogen) atoms. The minimum Gasteiger partial charge on any atom is -0.476 e. The average Bonchev–Trinajstić information content (AvgIpc) is 2.39. The third-order valence-electron chi connectivity index (χ3n) is 3.16. The summed E-state index contributed by atoms with van der Waals surface area (Å²) in [4.78, 5) is 32.0. The highest BCUT2D eigenvalue weighted by atomic mass is 16.4. The Morgan fingerprint density at radius 2 is 1.78 bits per heavy atom. The number of hydrogen-bond donors (Lipinski definition) is 1. The molecule has 1 N–H and O–H groups in total. The van der Waals surface area contributed by atoms with Gasteiger partial charge in [-0.25, -0.2) is 14.8 Å². The lowest BCUT2D eigenvalue weighted by molar-refractivity contribution is 0.0673. The van der Waals surface area contributed by atoms with Crippen molar-refractivity contribution in [3.05, 3.63) is 23.8 Å². The molecule has 0 spiro atoms. The van der Waals surface area contributed by atoms with Crippen LogP contribution in [0.2, 0.25) is 0 Å². The number of carbonyl (C=O) groups is 2. The molecule has 1 fully saturated rings. The van der Waals surface area contributed by atoms with Crippen LogP contribution in [0.5, 0.6) is 0 Å². The van der Waals surface area contributed by atoms with Crippen molar-refractivity contribution in [2.75, 3.05) is 13.1 Å². The quantitative estimate of drug-likeness (QED) is 0.846. The van der Waals surface area contributed by atoms with Crippen molar-refractivity contribution < 1.29 is 14.7 Å². The zero-order valence-electron chi connectivity index (χ0n) is 10.2. The number of amides is 1. The van der Waals surface area contributed by atoms with Gasteiger partial charge in [-0.3, -0.25) is 4.79 Å². The molecule has 0 aliphatic carbocycles. The van der Waals surface area contributed by atoms with E-state index in [-0.39, 0.29) is 17.3 Å². The molecular weight excluding hydrogens is 234 g/mol. The van der Waals surface area contributed by atoms with Gasteiger partial charge in [-0.05, 0) is 18.8 Å². The fourth-order valence-electron chi connectivity index (χ4n) is 1.92. The molecule has 1 aliphatic rings. The second-order valence-corrected chi connectivity index (χ2v) is 4.57. The molecule has 0 bridgehead atoms. The topological polar surface area (TPSA) is 83.4 Å². The summed E-state index contributed by atoms with van der Waals surface area (Å²) in [6.45, 7) is 3.62. The van der Waals surface area contributed by atoms with E-state index < -0.39 is 5.97 Å². The smallest absolute Gasteiger partial charge is 0.356 e. The Balaban J connectivity index is 2.07. The molecule has 2 rings (SSSR count). The van der Waals surface area contributed by atoms with E-state index in [9.17, 15) is 9.59 Å². The molecule has 0 aromatic carbocycles. The van der Waals surface area contributed by atoms with E-state index in [0.717, 1.165) is 32.1 Å². The zero-order valence-corrected chi connectivity index (χ0v) is 10.2. The van der Waals surface area contributed by atoms with Crippen molar-refractivity contribution in [3.63, 3.8) is 0 Å². The van der Waals surface area contributed by atoms with Crippen LogP contribution in [0, 0.1) is 5.92 Å². The van der Waals surface area contributed by atoms with Crippen molar-refractivity contribution in [1.82, 2.24) is 14.9 Å². The van der Waals surface area contributed by atoms with Crippen LogP contribution < -0.4 is 0 Å².